The van der Waals surface area contributed by atoms with Crippen LogP contribution in [0.5, 0.6) is 11.5 Å². The molecule has 0 aliphatic heterocycles. The fourth-order valence-corrected chi connectivity index (χ4v) is 5.32. The Kier molecular flexibility index (Phi) is 9.81. The highest BCUT2D eigenvalue weighted by Gasteiger charge is 2.15. The molecule has 3 aromatic carbocycles. The second-order valence-corrected chi connectivity index (χ2v) is 11.3. The van der Waals surface area contributed by atoms with Crippen LogP contribution in [0.1, 0.15) is 18.1 Å². The molecular weight excluding hydrogens is 618 g/mol. The average Bonchev–Trinajstić information content (AvgIpc) is 2.93. The van der Waals surface area contributed by atoms with Gasteiger partial charge in [0.1, 0.15) is 12.4 Å². The molecule has 1 amide bonds. The van der Waals surface area contributed by atoms with Crippen LogP contribution in [0.3, 0.4) is 0 Å². The molecule has 0 atom stereocenters. The molecule has 1 aromatic heterocycles. The zero-order chi connectivity index (χ0) is 28.5. The van der Waals surface area contributed by atoms with E-state index >= 15 is 0 Å². The van der Waals surface area contributed by atoms with Crippen molar-refractivity contribution in [3.8, 4) is 11.5 Å². The lowest BCUT2D eigenvalue weighted by Crippen LogP contribution is -2.14. The zero-order valence-corrected chi connectivity index (χ0v) is 24.5. The number of halogens is 2. The summed E-state index contributed by atoms with van der Waals surface area (Å²) in [5.41, 5.74) is 1.98. The van der Waals surface area contributed by atoms with Crippen molar-refractivity contribution in [3.63, 3.8) is 0 Å². The number of hydrogen-bond acceptors (Lipinski definition) is 6. The summed E-state index contributed by atoms with van der Waals surface area (Å²) in [5.74, 6) is 0.857. The van der Waals surface area contributed by atoms with Crippen LogP contribution in [-0.4, -0.2) is 25.9 Å². The molecule has 0 fully saturated rings. The molecule has 206 valence electrons. The summed E-state index contributed by atoms with van der Waals surface area (Å²) in [4.78, 5) is 16.5. The minimum absolute atomic E-state index is 0.0387. The molecule has 0 saturated carbocycles. The van der Waals surface area contributed by atoms with Crippen molar-refractivity contribution in [1.29, 1.82) is 0 Å². The highest BCUT2D eigenvalue weighted by Crippen LogP contribution is 2.38. The molecule has 0 saturated heterocycles. The number of anilines is 2. The Morgan fingerprint density at radius 2 is 1.77 bits per heavy atom. The predicted octanol–water partition coefficient (Wildman–Crippen LogP) is 6.93. The molecule has 0 radical (unpaired) electrons. The van der Waals surface area contributed by atoms with E-state index in [9.17, 15) is 13.2 Å². The van der Waals surface area contributed by atoms with Crippen LogP contribution in [-0.2, 0) is 21.4 Å². The van der Waals surface area contributed by atoms with E-state index in [0.717, 1.165) is 5.56 Å². The van der Waals surface area contributed by atoms with Crippen molar-refractivity contribution in [1.82, 2.24) is 4.98 Å². The zero-order valence-electron chi connectivity index (χ0n) is 21.3. The Hall–Kier alpha value is -3.86. The van der Waals surface area contributed by atoms with Gasteiger partial charge in [-0.05, 0) is 89.1 Å². The molecule has 4 aromatic rings. The molecule has 0 bridgehead atoms. The van der Waals surface area contributed by atoms with Gasteiger partial charge < -0.3 is 14.8 Å². The normalized spacial score (nSPS) is 11.3. The highest BCUT2D eigenvalue weighted by molar-refractivity contribution is 9.10. The number of hydrogen-bond donors (Lipinski definition) is 2. The SMILES string of the molecule is CCOc1cc(/C=C/C(=O)Nc2ccc(S(=O)(=O)Nc3ccccn3)cc2)cc(Br)c1OCc1ccccc1Cl. The minimum Gasteiger partial charge on any atom is -0.490 e. The Balaban J connectivity index is 1.41. The molecular formula is C29H25BrClN3O5S. The first kappa shape index (κ1) is 29.1. The lowest BCUT2D eigenvalue weighted by molar-refractivity contribution is -0.111. The summed E-state index contributed by atoms with van der Waals surface area (Å²) in [5, 5.41) is 3.33. The number of carbonyl (C=O) groups excluding carboxylic acids is 1. The number of amides is 1. The standard InChI is InChI=1S/C29H25BrClN3O5S/c1-2-38-26-18-20(17-24(30)29(26)39-19-21-7-3-4-8-25(21)31)10-15-28(35)33-22-11-13-23(14-12-22)40(36,37)34-27-9-5-6-16-32-27/h3-18H,2,19H2,1H3,(H,32,34)(H,33,35)/b15-10+. The molecule has 1 heterocycles. The third-order valence-corrected chi connectivity index (χ3v) is 7.75. The Labute approximate surface area is 246 Å². The largest absolute Gasteiger partial charge is 0.490 e. The summed E-state index contributed by atoms with van der Waals surface area (Å²) in [6, 6.07) is 21.7. The van der Waals surface area contributed by atoms with Crippen molar-refractivity contribution < 1.29 is 22.7 Å². The predicted molar refractivity (Wildman–Crippen MR) is 160 cm³/mol. The van der Waals surface area contributed by atoms with Crippen LogP contribution in [0.25, 0.3) is 6.08 Å². The van der Waals surface area contributed by atoms with Gasteiger partial charge in [0.05, 0.1) is 16.0 Å². The smallest absolute Gasteiger partial charge is 0.263 e. The second kappa shape index (κ2) is 13.5. The summed E-state index contributed by atoms with van der Waals surface area (Å²) in [6.45, 7) is 2.55. The molecule has 4 rings (SSSR count). The first-order valence-electron chi connectivity index (χ1n) is 12.1. The van der Waals surface area contributed by atoms with Gasteiger partial charge in [-0.25, -0.2) is 13.4 Å². The molecule has 0 unspecified atom stereocenters. The van der Waals surface area contributed by atoms with E-state index in [1.807, 2.05) is 31.2 Å². The maximum Gasteiger partial charge on any atom is 0.263 e. The number of nitrogens with zero attached hydrogens (tertiary/aromatic N) is 1. The number of carbonyl (C=O) groups is 1. The van der Waals surface area contributed by atoms with Crippen LogP contribution in [0.2, 0.25) is 5.02 Å². The van der Waals surface area contributed by atoms with Gasteiger partial charge in [0, 0.05) is 28.5 Å². The second-order valence-electron chi connectivity index (χ2n) is 8.31. The van der Waals surface area contributed by atoms with E-state index in [-0.39, 0.29) is 17.3 Å². The van der Waals surface area contributed by atoms with Gasteiger partial charge in [-0.3, -0.25) is 9.52 Å². The summed E-state index contributed by atoms with van der Waals surface area (Å²) >= 11 is 9.77. The Morgan fingerprint density at radius 3 is 2.48 bits per heavy atom. The average molecular weight is 643 g/mol. The maximum atomic E-state index is 12.6. The Bertz CT molecular complexity index is 1610. The molecule has 2 N–H and O–H groups in total. The number of sulfonamides is 1. The molecule has 0 spiro atoms. The number of benzene rings is 3. The van der Waals surface area contributed by atoms with E-state index in [1.165, 1.54) is 36.5 Å². The molecule has 8 nitrogen and oxygen atoms in total. The van der Waals surface area contributed by atoms with Gasteiger partial charge in [0.2, 0.25) is 5.91 Å². The summed E-state index contributed by atoms with van der Waals surface area (Å²) in [7, 11) is -3.82. The van der Waals surface area contributed by atoms with Crippen LogP contribution >= 0.6 is 27.5 Å². The first-order valence-corrected chi connectivity index (χ1v) is 14.8. The first-order chi connectivity index (χ1) is 19.2. The van der Waals surface area contributed by atoms with Gasteiger partial charge in [0.15, 0.2) is 11.5 Å². The van der Waals surface area contributed by atoms with Gasteiger partial charge in [-0.1, -0.05) is 35.9 Å². The van der Waals surface area contributed by atoms with Crippen LogP contribution < -0.4 is 19.5 Å². The minimum atomic E-state index is -3.82. The third-order valence-electron chi connectivity index (χ3n) is 5.42. The van der Waals surface area contributed by atoms with Crippen LogP contribution in [0, 0.1) is 0 Å². The topological polar surface area (TPSA) is 107 Å². The van der Waals surface area contributed by atoms with Gasteiger partial charge in [-0.15, -0.1) is 0 Å². The quantitative estimate of drug-likeness (QED) is 0.172. The van der Waals surface area contributed by atoms with Gasteiger partial charge in [0.25, 0.3) is 10.0 Å². The van der Waals surface area contributed by atoms with Crippen molar-refractivity contribution in [2.24, 2.45) is 0 Å². The third kappa shape index (κ3) is 7.84. The van der Waals surface area contributed by atoms with Gasteiger partial charge in [-0.2, -0.15) is 0 Å². The van der Waals surface area contributed by atoms with Crippen molar-refractivity contribution in [2.45, 2.75) is 18.4 Å². The van der Waals surface area contributed by atoms with E-state index in [2.05, 4.69) is 31.0 Å². The lowest BCUT2D eigenvalue weighted by Gasteiger charge is -2.15. The number of pyridine rings is 1. The monoisotopic (exact) mass is 641 g/mol. The van der Waals surface area contributed by atoms with E-state index in [1.54, 1.807) is 36.4 Å². The number of nitrogens with one attached hydrogen (secondary N) is 2. The van der Waals surface area contributed by atoms with E-state index < -0.39 is 15.9 Å². The summed E-state index contributed by atoms with van der Waals surface area (Å²) < 4.78 is 40.0. The van der Waals surface area contributed by atoms with E-state index in [0.29, 0.717) is 38.9 Å². The summed E-state index contributed by atoms with van der Waals surface area (Å²) in [6.07, 6.45) is 4.50. The molecule has 0 aliphatic carbocycles. The number of rotatable bonds is 11. The van der Waals surface area contributed by atoms with Crippen LogP contribution in [0.4, 0.5) is 11.5 Å². The lowest BCUT2D eigenvalue weighted by atomic mass is 10.1. The number of ether oxygens (including phenoxy) is 2. The van der Waals surface area contributed by atoms with Crippen molar-refractivity contribution >= 4 is 61.0 Å². The molecule has 0 aliphatic rings. The van der Waals surface area contributed by atoms with Gasteiger partial charge >= 0.3 is 0 Å². The number of aromatic nitrogens is 1. The Morgan fingerprint density at radius 1 is 1.02 bits per heavy atom. The van der Waals surface area contributed by atoms with Crippen molar-refractivity contribution in [2.75, 3.05) is 16.6 Å². The fraction of sp³-hybridized carbons (Fsp3) is 0.103. The molecule has 11 heteroatoms. The van der Waals surface area contributed by atoms with Crippen molar-refractivity contribution in [3.05, 3.63) is 112 Å². The van der Waals surface area contributed by atoms with E-state index in [4.69, 9.17) is 21.1 Å². The molecule has 40 heavy (non-hydrogen) atoms. The fourth-order valence-electron chi connectivity index (χ4n) is 3.55. The maximum absolute atomic E-state index is 12.6. The van der Waals surface area contributed by atoms with Crippen LogP contribution in [0.15, 0.2) is 101 Å². The highest BCUT2D eigenvalue weighted by atomic mass is 79.9.